The molecule has 0 spiro atoms. The largest absolute Gasteiger partial charge is 0.352 e. The van der Waals surface area contributed by atoms with Crippen molar-refractivity contribution in [1.82, 2.24) is 19.4 Å². The molecule has 0 radical (unpaired) electrons. The lowest BCUT2D eigenvalue weighted by atomic mass is 10.1. The van der Waals surface area contributed by atoms with Crippen LogP contribution >= 0.6 is 0 Å². The first kappa shape index (κ1) is 12.1. The summed E-state index contributed by atoms with van der Waals surface area (Å²) >= 11 is 0. The van der Waals surface area contributed by atoms with E-state index in [0.717, 1.165) is 16.6 Å². The average molecular weight is 308 g/mol. The monoisotopic (exact) mass is 308 g/mol. The predicted molar refractivity (Wildman–Crippen MR) is 97.4 cm³/mol. The van der Waals surface area contributed by atoms with Crippen molar-refractivity contribution >= 4 is 49.1 Å². The van der Waals surface area contributed by atoms with Crippen LogP contribution in [0.15, 0.2) is 67.3 Å². The van der Waals surface area contributed by atoms with Crippen LogP contribution in [0.3, 0.4) is 0 Å². The van der Waals surface area contributed by atoms with E-state index in [1.807, 2.05) is 24.8 Å². The molecule has 1 N–H and O–H groups in total. The van der Waals surface area contributed by atoms with Gasteiger partial charge in [-0.05, 0) is 23.6 Å². The third-order valence-electron chi connectivity index (χ3n) is 4.88. The second-order valence-electron chi connectivity index (χ2n) is 6.11. The number of fused-ring (bicyclic) bond motifs is 5. The van der Waals surface area contributed by atoms with E-state index in [2.05, 4.69) is 61.8 Å². The molecule has 0 aliphatic carbocycles. The molecule has 4 aromatic heterocycles. The van der Waals surface area contributed by atoms with Gasteiger partial charge in [0.2, 0.25) is 0 Å². The van der Waals surface area contributed by atoms with Crippen molar-refractivity contribution in [3.8, 4) is 0 Å². The Balaban J connectivity index is 2.18. The predicted octanol–water partition coefficient (Wildman–Crippen LogP) is 4.67. The summed E-state index contributed by atoms with van der Waals surface area (Å²) in [5.41, 5.74) is 5.63. The summed E-state index contributed by atoms with van der Waals surface area (Å²) in [7, 11) is 0. The van der Waals surface area contributed by atoms with Crippen molar-refractivity contribution in [2.75, 3.05) is 0 Å². The van der Waals surface area contributed by atoms with E-state index in [1.54, 1.807) is 0 Å². The molecular formula is C20H12N4. The first-order chi connectivity index (χ1) is 11.9. The molecule has 0 saturated carbocycles. The number of rotatable bonds is 0. The molecule has 0 aliphatic rings. The molecule has 0 aliphatic heterocycles. The number of nitrogens with one attached hydrogen (secondary N) is 1. The topological polar surface area (TPSA) is 46.0 Å². The van der Waals surface area contributed by atoms with Crippen molar-refractivity contribution in [3.63, 3.8) is 0 Å². The van der Waals surface area contributed by atoms with Crippen LogP contribution in [-0.4, -0.2) is 19.4 Å². The van der Waals surface area contributed by atoms with Crippen molar-refractivity contribution in [1.29, 1.82) is 0 Å². The van der Waals surface area contributed by atoms with E-state index in [-0.39, 0.29) is 0 Å². The molecule has 24 heavy (non-hydrogen) atoms. The second kappa shape index (κ2) is 4.11. The Kier molecular flexibility index (Phi) is 2.07. The zero-order valence-electron chi connectivity index (χ0n) is 12.7. The van der Waals surface area contributed by atoms with Gasteiger partial charge in [0, 0.05) is 40.3 Å². The fourth-order valence-corrected chi connectivity index (χ4v) is 3.90. The summed E-state index contributed by atoms with van der Waals surface area (Å²) in [5, 5.41) is 4.87. The van der Waals surface area contributed by atoms with Crippen LogP contribution in [0.4, 0.5) is 0 Å². The van der Waals surface area contributed by atoms with Gasteiger partial charge in [-0.1, -0.05) is 24.3 Å². The summed E-state index contributed by atoms with van der Waals surface area (Å²) < 4.78 is 2.33. The lowest BCUT2D eigenvalue weighted by Crippen LogP contribution is -1.86. The molecule has 0 amide bonds. The Hall–Kier alpha value is -3.40. The highest BCUT2D eigenvalue weighted by molar-refractivity contribution is 6.22. The quantitative estimate of drug-likeness (QED) is 0.443. The molecular weight excluding hydrogens is 296 g/mol. The van der Waals surface area contributed by atoms with Crippen molar-refractivity contribution in [2.24, 2.45) is 0 Å². The SMILES string of the molecule is c1cc2ccc3c4cnccc4n4c5ccncc5[nH]c(c1)c2c34. The number of aromatic nitrogens is 4. The van der Waals surface area contributed by atoms with Crippen molar-refractivity contribution in [3.05, 3.63) is 67.3 Å². The Bertz CT molecular complexity index is 1390. The third kappa shape index (κ3) is 1.34. The van der Waals surface area contributed by atoms with Gasteiger partial charge in [-0.15, -0.1) is 0 Å². The highest BCUT2D eigenvalue weighted by atomic mass is 14.9. The van der Waals surface area contributed by atoms with Gasteiger partial charge < -0.3 is 9.38 Å². The van der Waals surface area contributed by atoms with Crippen LogP contribution in [-0.2, 0) is 0 Å². The lowest BCUT2D eigenvalue weighted by molar-refractivity contribution is 1.28. The molecule has 2 aromatic carbocycles. The average Bonchev–Trinajstić information content (AvgIpc) is 2.88. The molecule has 4 heterocycles. The van der Waals surface area contributed by atoms with Crippen LogP contribution in [0.2, 0.25) is 0 Å². The minimum Gasteiger partial charge on any atom is -0.352 e. The van der Waals surface area contributed by atoms with Crippen LogP contribution in [0, 0.1) is 0 Å². The lowest BCUT2D eigenvalue weighted by Gasteiger charge is -2.02. The van der Waals surface area contributed by atoms with E-state index in [1.165, 1.54) is 32.6 Å². The molecule has 0 bridgehead atoms. The Morgan fingerprint density at radius 1 is 0.750 bits per heavy atom. The maximum absolute atomic E-state index is 4.35. The first-order valence-corrected chi connectivity index (χ1v) is 7.93. The van der Waals surface area contributed by atoms with Gasteiger partial charge in [-0.2, -0.15) is 0 Å². The van der Waals surface area contributed by atoms with Gasteiger partial charge in [0.05, 0.1) is 28.3 Å². The molecule has 0 saturated heterocycles. The van der Waals surface area contributed by atoms with Gasteiger partial charge in [0.15, 0.2) is 0 Å². The maximum atomic E-state index is 4.35. The fraction of sp³-hybridized carbons (Fsp3) is 0. The van der Waals surface area contributed by atoms with Crippen LogP contribution in [0.1, 0.15) is 0 Å². The van der Waals surface area contributed by atoms with E-state index >= 15 is 0 Å². The highest BCUT2D eigenvalue weighted by Gasteiger charge is 2.15. The number of nitrogens with zero attached hydrogens (tertiary/aromatic N) is 3. The molecule has 112 valence electrons. The number of pyridine rings is 2. The summed E-state index contributed by atoms with van der Waals surface area (Å²) in [6.45, 7) is 0. The van der Waals surface area contributed by atoms with Crippen LogP contribution in [0.25, 0.3) is 49.1 Å². The zero-order chi connectivity index (χ0) is 15.7. The maximum Gasteiger partial charge on any atom is 0.0815 e. The van der Waals surface area contributed by atoms with Gasteiger partial charge in [0.1, 0.15) is 0 Å². The number of aromatic amines is 1. The van der Waals surface area contributed by atoms with Crippen LogP contribution < -0.4 is 0 Å². The summed E-state index contributed by atoms with van der Waals surface area (Å²) in [6.07, 6.45) is 7.54. The second-order valence-corrected chi connectivity index (χ2v) is 6.11. The summed E-state index contributed by atoms with van der Waals surface area (Å²) in [6, 6.07) is 14.9. The minimum atomic E-state index is 1.01. The van der Waals surface area contributed by atoms with E-state index < -0.39 is 0 Å². The third-order valence-corrected chi connectivity index (χ3v) is 4.88. The minimum absolute atomic E-state index is 1.01. The van der Waals surface area contributed by atoms with Crippen molar-refractivity contribution in [2.45, 2.75) is 0 Å². The molecule has 4 heteroatoms. The van der Waals surface area contributed by atoms with E-state index in [0.29, 0.717) is 0 Å². The molecule has 4 nitrogen and oxygen atoms in total. The van der Waals surface area contributed by atoms with E-state index in [9.17, 15) is 0 Å². The molecule has 0 fully saturated rings. The Labute approximate surface area is 136 Å². The van der Waals surface area contributed by atoms with Gasteiger partial charge in [-0.25, -0.2) is 0 Å². The smallest absolute Gasteiger partial charge is 0.0815 e. The molecule has 6 aromatic rings. The Morgan fingerprint density at radius 3 is 2.58 bits per heavy atom. The van der Waals surface area contributed by atoms with Crippen LogP contribution in [0.5, 0.6) is 0 Å². The molecule has 0 atom stereocenters. The number of hydrogen-bond acceptors (Lipinski definition) is 2. The van der Waals surface area contributed by atoms with Gasteiger partial charge >= 0.3 is 0 Å². The van der Waals surface area contributed by atoms with Crippen molar-refractivity contribution < 1.29 is 0 Å². The van der Waals surface area contributed by atoms with Gasteiger partial charge in [0.25, 0.3) is 0 Å². The standard InChI is InChI=1S/C20H12N4/c1-2-12-4-5-13-14-10-21-8-6-17(14)24-18-7-9-22-11-16(18)23-15(3-1)19(12)20(13)24/h1-11,23H. The Morgan fingerprint density at radius 2 is 1.62 bits per heavy atom. The molecule has 6 rings (SSSR count). The highest BCUT2D eigenvalue weighted by Crippen LogP contribution is 2.36. The number of hydrogen-bond donors (Lipinski definition) is 1. The number of benzene rings is 2. The van der Waals surface area contributed by atoms with E-state index in [4.69, 9.17) is 0 Å². The van der Waals surface area contributed by atoms with Gasteiger partial charge in [-0.3, -0.25) is 9.97 Å². The number of H-pyrrole nitrogens is 1. The summed E-state index contributed by atoms with van der Waals surface area (Å²) in [4.78, 5) is 12.2. The first-order valence-electron chi connectivity index (χ1n) is 7.93. The summed E-state index contributed by atoms with van der Waals surface area (Å²) in [5.74, 6) is 0. The molecule has 0 unspecified atom stereocenters. The normalized spacial score (nSPS) is 12.2. The fourth-order valence-electron chi connectivity index (χ4n) is 3.90. The zero-order valence-corrected chi connectivity index (χ0v) is 12.7.